The number of aromatic nitrogens is 26. The van der Waals surface area contributed by atoms with Crippen LogP contribution in [-0.2, 0) is 183 Å². The molecule has 13 aromatic heterocycles. The Hall–Kier alpha value is -10.6. The van der Waals surface area contributed by atoms with Gasteiger partial charge in [-0.25, -0.2) is 119 Å². The molecule has 0 radical (unpaired) electrons. The van der Waals surface area contributed by atoms with Gasteiger partial charge in [0.25, 0.3) is 0 Å². The summed E-state index contributed by atoms with van der Waals surface area (Å²) >= 11 is 0. The van der Waals surface area contributed by atoms with Crippen LogP contribution in [0.25, 0.3) is 0 Å². The monoisotopic (exact) mass is 1520 g/mol. The molecule has 0 aliphatic heterocycles. The van der Waals surface area contributed by atoms with Crippen molar-refractivity contribution in [3.05, 3.63) is 243 Å². The summed E-state index contributed by atoms with van der Waals surface area (Å²) in [7, 11) is 40.3. The zero-order valence-electron chi connectivity index (χ0n) is 67.7. The minimum Gasteiger partial charge on any atom is -1.00 e. The Morgan fingerprint density at radius 3 is 0.204 bits per heavy atom. The van der Waals surface area contributed by atoms with Crippen LogP contribution in [0.1, 0.15) is 0 Å². The molecule has 13 rings (SSSR count). The maximum absolute atomic E-state index is 8.42. The van der Waals surface area contributed by atoms with E-state index in [0.29, 0.717) is 0 Å². The molecule has 0 fully saturated rings. The lowest BCUT2D eigenvalue weighted by Gasteiger charge is -2.35. The van der Waals surface area contributed by atoms with Crippen molar-refractivity contribution in [1.29, 1.82) is 0 Å². The first-order chi connectivity index (χ1) is 49.7. The van der Waals surface area contributed by atoms with E-state index in [1.807, 2.05) is 545 Å². The molecule has 0 N–H and O–H groups in total. The van der Waals surface area contributed by atoms with Crippen molar-refractivity contribution in [2.24, 2.45) is 183 Å². The maximum Gasteiger partial charge on any atom is 0.243 e. The number of aryl methyl sites for hydroxylation is 26. The predicted octanol–water partition coefficient (Wildman–Crippen LogP) is -20.7. The number of nitrogens with zero attached hydrogens (tertiary/aromatic N) is 26. The number of halogens is 1. The van der Waals surface area contributed by atoms with Gasteiger partial charge >= 0.3 is 0 Å². The summed E-state index contributed by atoms with van der Waals surface area (Å²) in [5, 5.41) is 101. The van der Waals surface area contributed by atoms with Crippen molar-refractivity contribution in [2.75, 3.05) is 0 Å². The van der Waals surface area contributed by atoms with Gasteiger partial charge in [-0.15, -0.1) is 0 Å². The Morgan fingerprint density at radius 1 is 0.148 bits per heavy atom. The minimum atomic E-state index is -2.92. The fraction of sp³-hybridized carbons (Fsp3) is 0.400. The summed E-state index contributed by atoms with van der Waals surface area (Å²) in [5.41, 5.74) is 0. The van der Waals surface area contributed by atoms with Gasteiger partial charge in [0, 0.05) is 0 Å². The average molecular weight is 1520 g/mol. The van der Waals surface area contributed by atoms with Crippen molar-refractivity contribution < 1.29 is 124 Å². The minimum absolute atomic E-state index is 0. The van der Waals surface area contributed by atoms with Gasteiger partial charge in [-0.05, 0) is 0 Å². The van der Waals surface area contributed by atoms with E-state index in [2.05, 4.69) is 0 Å². The Kier molecular flexibility index (Phi) is 61.5. The first kappa shape index (κ1) is 106. The van der Waals surface area contributed by atoms with E-state index in [1.54, 1.807) is 0 Å². The average Bonchev–Trinajstić information content (AvgIpc) is 2.16. The van der Waals surface area contributed by atoms with E-state index in [1.165, 1.54) is 0 Å². The molecule has 108 heavy (non-hydrogen) atoms. The highest BCUT2D eigenvalue weighted by atomic mass is 19.0. The SMILES string of the molecule is Cn1cc[n+](C)c1.Cn1cc[n+](C)c1.Cn1cc[n+](C)c1.Cn1cc[n+](C)c1.Cn1cc[n+](C)c1.Cn1cc[n+](C)c1.Cn1cc[n+](C)c1.Cn1cc[n+](C)c1.Cn1cc[n+](C)c1.Cn1cc[n+](C)c1.Cn1cc[n+](C)c1.Cn1cc[n+](C)c1.Cn1cc[n+](C)c1.[F-].[O-]B([O-])[O-].[O-]B([O-])[O-].[O-]B([O-])[O-].[O-]B([O-])[O-]. The normalized spacial score (nSPS) is 8.94. The largest absolute Gasteiger partial charge is 1.00 e. The Morgan fingerprint density at radius 2 is 0.194 bits per heavy atom. The van der Waals surface area contributed by atoms with Crippen LogP contribution in [0.4, 0.5) is 0 Å². The lowest BCUT2D eigenvalue weighted by atomic mass is 10.3. The summed E-state index contributed by atoms with van der Waals surface area (Å²) in [5.74, 6) is 0. The summed E-state index contributed by atoms with van der Waals surface area (Å²) < 4.78 is 52.0. The zero-order valence-corrected chi connectivity index (χ0v) is 67.7. The van der Waals surface area contributed by atoms with Gasteiger partial charge < -0.3 is 65.0 Å². The van der Waals surface area contributed by atoms with Gasteiger partial charge in [0.05, 0.1) is 183 Å². The van der Waals surface area contributed by atoms with Crippen LogP contribution in [0.2, 0.25) is 0 Å². The van der Waals surface area contributed by atoms with Gasteiger partial charge in [0.1, 0.15) is 161 Å². The van der Waals surface area contributed by atoms with E-state index in [0.717, 1.165) is 0 Å². The Bertz CT molecular complexity index is 2990. The first-order valence-electron chi connectivity index (χ1n) is 32.2. The van der Waals surface area contributed by atoms with Crippen molar-refractivity contribution in [3.8, 4) is 0 Å². The second-order valence-corrected chi connectivity index (χ2v) is 23.8. The molecule has 0 aliphatic rings. The molecule has 13 aromatic rings. The summed E-state index contributed by atoms with van der Waals surface area (Å²) in [6, 6.07) is 0. The predicted molar refractivity (Wildman–Crippen MR) is 369 cm³/mol. The molecule has 43 heteroatoms. The fourth-order valence-electron chi connectivity index (χ4n) is 7.47. The Labute approximate surface area is 637 Å². The standard InChI is InChI=1S/13C5H9N2.4BO3.FH/c13*1-6-3-4-7(2)5-6;4*2-1(3)4;/h13*3-5H,1-2H3;;;;;1H/q13*+1;4*-3;/p-1. The van der Waals surface area contributed by atoms with Crippen LogP contribution in [0, 0.1) is 0 Å². The van der Waals surface area contributed by atoms with Crippen LogP contribution in [0.5, 0.6) is 0 Å². The highest BCUT2D eigenvalue weighted by Crippen LogP contribution is 1.78. The topological polar surface area (TPSA) is 391 Å². The third-order valence-corrected chi connectivity index (χ3v) is 11.7. The third-order valence-electron chi connectivity index (χ3n) is 11.7. The molecule has 0 saturated heterocycles. The Balaban J connectivity index is -0.000000349. The summed E-state index contributed by atoms with van der Waals surface area (Å²) in [6.45, 7) is 0. The molecular weight excluding hydrogens is 1400 g/mol. The van der Waals surface area contributed by atoms with Gasteiger partial charge in [-0.3, -0.25) is 29.3 Å². The lowest BCUT2D eigenvalue weighted by Crippen LogP contribution is -3.00. The second-order valence-electron chi connectivity index (χ2n) is 23.8. The highest BCUT2D eigenvalue weighted by Gasteiger charge is 1.95. The lowest BCUT2D eigenvalue weighted by molar-refractivity contribution is -0.671. The quantitative estimate of drug-likeness (QED) is 0.101. The smallest absolute Gasteiger partial charge is 0.243 e. The molecule has 598 valence electrons. The van der Waals surface area contributed by atoms with Crippen LogP contribution in [0.15, 0.2) is 243 Å². The number of imidazole rings is 13. The molecule has 0 unspecified atom stereocenters. The molecule has 0 bridgehead atoms. The molecule has 0 saturated carbocycles. The molecule has 0 atom stereocenters. The van der Waals surface area contributed by atoms with Crippen molar-refractivity contribution >= 4 is 29.3 Å². The first-order valence-corrected chi connectivity index (χ1v) is 32.2. The maximum atomic E-state index is 8.42. The van der Waals surface area contributed by atoms with Crippen molar-refractivity contribution in [1.82, 2.24) is 59.4 Å². The van der Waals surface area contributed by atoms with Gasteiger partial charge in [0.2, 0.25) is 82.3 Å². The van der Waals surface area contributed by atoms with Gasteiger partial charge in [-0.1, -0.05) is 0 Å². The van der Waals surface area contributed by atoms with E-state index >= 15 is 0 Å². The summed E-state index contributed by atoms with van der Waals surface area (Å²) in [4.78, 5) is 0. The van der Waals surface area contributed by atoms with Crippen molar-refractivity contribution in [2.45, 2.75) is 0 Å². The zero-order chi connectivity index (χ0) is 82.9. The van der Waals surface area contributed by atoms with Crippen molar-refractivity contribution in [3.63, 3.8) is 0 Å². The van der Waals surface area contributed by atoms with Crippen LogP contribution in [-0.4, -0.2) is 88.7 Å². The molecule has 0 spiro atoms. The van der Waals surface area contributed by atoms with E-state index < -0.39 is 29.3 Å². The van der Waals surface area contributed by atoms with E-state index in [-0.39, 0.29) is 4.70 Å². The molecule has 0 aliphatic carbocycles. The van der Waals surface area contributed by atoms with Crippen LogP contribution >= 0.6 is 0 Å². The van der Waals surface area contributed by atoms with E-state index in [4.69, 9.17) is 60.3 Å². The van der Waals surface area contributed by atoms with E-state index in [9.17, 15) is 0 Å². The number of rotatable bonds is 0. The number of hydrogen-bond acceptors (Lipinski definition) is 12. The second kappa shape index (κ2) is 62.6. The van der Waals surface area contributed by atoms with Gasteiger partial charge in [0.15, 0.2) is 0 Å². The van der Waals surface area contributed by atoms with Crippen LogP contribution in [0.3, 0.4) is 0 Å². The molecular formula is C65H117B4FN26O12. The van der Waals surface area contributed by atoms with Gasteiger partial charge in [-0.2, -0.15) is 0 Å². The van der Waals surface area contributed by atoms with Crippen LogP contribution < -0.4 is 124 Å². The number of hydrogen-bond donors (Lipinski definition) is 0. The molecule has 38 nitrogen and oxygen atoms in total. The highest BCUT2D eigenvalue weighted by molar-refractivity contribution is 6.24. The molecule has 13 heterocycles. The molecule has 0 amide bonds. The third kappa shape index (κ3) is 75.1. The fourth-order valence-corrected chi connectivity index (χ4v) is 7.47. The summed E-state index contributed by atoms with van der Waals surface area (Å²) in [6.07, 6.45) is 78.0. The molecule has 0 aromatic carbocycles.